The molecule has 0 aromatic heterocycles. The fraction of sp³-hybridized carbons (Fsp3) is 0.472. The van der Waals surface area contributed by atoms with Crippen LogP contribution < -0.4 is 5.73 Å². The molecule has 1 fully saturated rings. The molecule has 0 spiro atoms. The average molecular weight is 602 g/mol. The number of benzene rings is 2. The zero-order chi connectivity index (χ0) is 32.2. The smallest absolute Gasteiger partial charge is 0.255 e. The number of hydrogen-bond acceptors (Lipinski definition) is 7. The Labute approximate surface area is 258 Å². The minimum Gasteiger partial charge on any atom is -0.508 e. The van der Waals surface area contributed by atoms with Crippen LogP contribution in [0.4, 0.5) is 0 Å². The Morgan fingerprint density at radius 3 is 2.30 bits per heavy atom. The molecule has 5 rings (SSSR count). The number of fused-ring (bicyclic) bond motifs is 3. The van der Waals surface area contributed by atoms with Crippen molar-refractivity contribution < 1.29 is 34.8 Å². The number of rotatable bonds is 8. The number of aromatic hydroxyl groups is 1. The summed E-state index contributed by atoms with van der Waals surface area (Å²) in [7, 11) is 0. The molecule has 1 saturated carbocycles. The highest BCUT2D eigenvalue weighted by atomic mass is 16.3. The van der Waals surface area contributed by atoms with Gasteiger partial charge in [0.1, 0.15) is 22.8 Å². The summed E-state index contributed by atoms with van der Waals surface area (Å²) in [5, 5.41) is 45.6. The van der Waals surface area contributed by atoms with Gasteiger partial charge in [-0.1, -0.05) is 71.7 Å². The maximum Gasteiger partial charge on any atom is 0.255 e. The summed E-state index contributed by atoms with van der Waals surface area (Å²) in [6, 6.07) is 9.83. The van der Waals surface area contributed by atoms with E-state index in [1.807, 2.05) is 6.07 Å². The van der Waals surface area contributed by atoms with E-state index < -0.39 is 57.9 Å². The second kappa shape index (κ2) is 11.5. The molecule has 2 aromatic rings. The van der Waals surface area contributed by atoms with Crippen LogP contribution in [-0.2, 0) is 33.6 Å². The second-order valence-corrected chi connectivity index (χ2v) is 13.0. The topological polar surface area (TPSA) is 158 Å². The predicted octanol–water partition coefficient (Wildman–Crippen LogP) is 5.51. The van der Waals surface area contributed by atoms with E-state index in [-0.39, 0.29) is 35.6 Å². The summed E-state index contributed by atoms with van der Waals surface area (Å²) >= 11 is 0. The third-order valence-electron chi connectivity index (χ3n) is 10.4. The molecule has 0 saturated heterocycles. The monoisotopic (exact) mass is 601 g/mol. The molecule has 0 unspecified atom stereocenters. The number of carbonyl (C=O) groups excluding carboxylic acids is 3. The number of carbonyl (C=O) groups is 3. The van der Waals surface area contributed by atoms with Crippen molar-refractivity contribution in [2.45, 2.75) is 78.7 Å². The van der Waals surface area contributed by atoms with Gasteiger partial charge in [-0.25, -0.2) is 0 Å². The van der Waals surface area contributed by atoms with Crippen LogP contribution in [0, 0.1) is 29.6 Å². The number of phenols is 1. The number of hydrogen-bond donors (Lipinski definition) is 5. The van der Waals surface area contributed by atoms with E-state index in [1.54, 1.807) is 13.8 Å². The fourth-order valence-corrected chi connectivity index (χ4v) is 7.96. The Balaban J connectivity index is 1.70. The first-order chi connectivity index (χ1) is 20.8. The van der Waals surface area contributed by atoms with Gasteiger partial charge in [0, 0.05) is 17.4 Å². The van der Waals surface area contributed by atoms with Crippen molar-refractivity contribution >= 4 is 23.2 Å². The Morgan fingerprint density at radius 1 is 1.02 bits per heavy atom. The Morgan fingerprint density at radius 2 is 1.70 bits per heavy atom. The number of aliphatic hydroxyl groups excluding tert-OH is 2. The molecule has 1 amide bonds. The van der Waals surface area contributed by atoms with E-state index in [2.05, 4.69) is 39.0 Å². The molecule has 0 bridgehead atoms. The lowest BCUT2D eigenvalue weighted by molar-refractivity contribution is -0.155. The predicted molar refractivity (Wildman–Crippen MR) is 168 cm³/mol. The van der Waals surface area contributed by atoms with Gasteiger partial charge in [0.05, 0.1) is 5.56 Å². The van der Waals surface area contributed by atoms with Crippen LogP contribution in [0.2, 0.25) is 0 Å². The molecule has 2 aromatic carbocycles. The number of Topliss-reactive ketones (excluding diaryl/α,β-unsaturated/α-hetero) is 2. The standard InChI is InChI=1S/C36H43NO7/c1-6-18(7-2)13-19-9-10-20(8-3)23(14-19)22-11-12-26(38)29-24(22)15-21-16-25-27(17(4)5)31(39)30(35(37)43)34(42)36(25,44)33(41)28(21)32(29)40/h9-12,14,17-18,21,25,27,38,40,42,44H,6-8,13,15-16H2,1-5H3,(H2,37,43)/t21-,25-,27-,36-/m0/s1. The zero-order valence-electron chi connectivity index (χ0n) is 26.1. The molecule has 6 N–H and O–H groups in total. The maximum absolute atomic E-state index is 14.2. The van der Waals surface area contributed by atoms with Crippen molar-refractivity contribution in [2.75, 3.05) is 0 Å². The molecule has 4 atom stereocenters. The van der Waals surface area contributed by atoms with E-state index in [0.29, 0.717) is 11.5 Å². The van der Waals surface area contributed by atoms with Gasteiger partial charge in [-0.05, 0) is 77.3 Å². The summed E-state index contributed by atoms with van der Waals surface area (Å²) in [6.45, 7) is 9.97. The lowest BCUT2D eigenvalue weighted by Gasteiger charge is -2.50. The molecule has 8 nitrogen and oxygen atoms in total. The minimum atomic E-state index is -2.61. The lowest BCUT2D eigenvalue weighted by Crippen LogP contribution is -2.62. The van der Waals surface area contributed by atoms with Gasteiger partial charge in [0.15, 0.2) is 11.4 Å². The van der Waals surface area contributed by atoms with Crippen LogP contribution >= 0.6 is 0 Å². The number of phenolic OH excluding ortho intramolecular Hbond substituents is 1. The molecule has 0 heterocycles. The molecule has 3 aliphatic rings. The third-order valence-corrected chi connectivity index (χ3v) is 10.4. The molecule has 0 radical (unpaired) electrons. The highest BCUT2D eigenvalue weighted by molar-refractivity contribution is 6.23. The van der Waals surface area contributed by atoms with Gasteiger partial charge in [-0.15, -0.1) is 0 Å². The second-order valence-electron chi connectivity index (χ2n) is 13.0. The molecular weight excluding hydrogens is 558 g/mol. The Bertz CT molecular complexity index is 1610. The van der Waals surface area contributed by atoms with E-state index >= 15 is 0 Å². The Kier molecular flexibility index (Phi) is 8.27. The van der Waals surface area contributed by atoms with Crippen LogP contribution in [0.3, 0.4) is 0 Å². The zero-order valence-corrected chi connectivity index (χ0v) is 26.1. The lowest BCUT2D eigenvalue weighted by atomic mass is 9.54. The highest BCUT2D eigenvalue weighted by Gasteiger charge is 2.64. The minimum absolute atomic E-state index is 0.0935. The maximum atomic E-state index is 14.2. The van der Waals surface area contributed by atoms with Crippen LogP contribution in [0.1, 0.15) is 76.1 Å². The number of nitrogens with two attached hydrogens (primary N) is 1. The van der Waals surface area contributed by atoms with Crippen LogP contribution in [0.15, 0.2) is 47.2 Å². The average Bonchev–Trinajstić information content (AvgIpc) is 2.97. The van der Waals surface area contributed by atoms with Gasteiger partial charge >= 0.3 is 0 Å². The molecule has 8 heteroatoms. The number of ketones is 2. The van der Waals surface area contributed by atoms with Crippen molar-refractivity contribution in [1.82, 2.24) is 0 Å². The largest absolute Gasteiger partial charge is 0.508 e. The normalized spacial score (nSPS) is 25.0. The summed E-state index contributed by atoms with van der Waals surface area (Å²) in [6.07, 6.45) is 4.22. The number of aliphatic hydroxyl groups is 3. The summed E-state index contributed by atoms with van der Waals surface area (Å²) in [5.74, 6) is -7.07. The van der Waals surface area contributed by atoms with Crippen molar-refractivity contribution in [2.24, 2.45) is 35.3 Å². The fourth-order valence-electron chi connectivity index (χ4n) is 7.96. The van der Waals surface area contributed by atoms with Gasteiger partial charge < -0.3 is 26.2 Å². The molecule has 234 valence electrons. The number of aryl methyl sites for hydroxylation is 1. The van der Waals surface area contributed by atoms with E-state index in [9.17, 15) is 34.8 Å². The summed E-state index contributed by atoms with van der Waals surface area (Å²) in [4.78, 5) is 39.8. The van der Waals surface area contributed by atoms with Crippen LogP contribution in [-0.4, -0.2) is 43.5 Å². The van der Waals surface area contributed by atoms with Crippen molar-refractivity contribution in [1.29, 1.82) is 0 Å². The van der Waals surface area contributed by atoms with Gasteiger partial charge in [0.25, 0.3) is 5.91 Å². The van der Waals surface area contributed by atoms with E-state index in [1.165, 1.54) is 11.6 Å². The SMILES string of the molecule is CCc1ccc(CC(CC)CC)cc1-c1ccc(O)c2c1C[C@H]1C[C@H]3[C@H](C(C)C)C(=O)C(C(N)=O)=C(O)[C@@]3(O)C(=O)C1=C2O. The molecule has 44 heavy (non-hydrogen) atoms. The quantitative estimate of drug-likeness (QED) is 0.249. The van der Waals surface area contributed by atoms with Gasteiger partial charge in [-0.3, -0.25) is 14.4 Å². The molecule has 3 aliphatic carbocycles. The first-order valence-corrected chi connectivity index (χ1v) is 15.8. The molecule has 0 aliphatic heterocycles. The highest BCUT2D eigenvalue weighted by Crippen LogP contribution is 2.55. The van der Waals surface area contributed by atoms with Crippen LogP contribution in [0.25, 0.3) is 16.9 Å². The first kappa shape index (κ1) is 31.5. The van der Waals surface area contributed by atoms with Crippen LogP contribution in [0.5, 0.6) is 5.75 Å². The summed E-state index contributed by atoms with van der Waals surface area (Å²) in [5.41, 5.74) is 6.87. The van der Waals surface area contributed by atoms with E-state index in [4.69, 9.17) is 5.73 Å². The summed E-state index contributed by atoms with van der Waals surface area (Å²) < 4.78 is 0. The molecular formula is C36H43NO7. The van der Waals surface area contributed by atoms with Gasteiger partial charge in [-0.2, -0.15) is 0 Å². The number of primary amides is 1. The third kappa shape index (κ3) is 4.66. The Hall–Kier alpha value is -3.91. The van der Waals surface area contributed by atoms with Crippen molar-refractivity contribution in [3.8, 4) is 16.9 Å². The van der Waals surface area contributed by atoms with Gasteiger partial charge in [0.2, 0.25) is 5.78 Å². The van der Waals surface area contributed by atoms with Crippen molar-refractivity contribution in [3.05, 3.63) is 69.5 Å². The van der Waals surface area contributed by atoms with Crippen molar-refractivity contribution in [3.63, 3.8) is 0 Å². The van der Waals surface area contributed by atoms with E-state index in [0.717, 1.165) is 42.4 Å². The number of amides is 1. The first-order valence-electron chi connectivity index (χ1n) is 15.8.